The van der Waals surface area contributed by atoms with Crippen molar-refractivity contribution in [2.24, 2.45) is 7.05 Å². The van der Waals surface area contributed by atoms with E-state index in [4.69, 9.17) is 9.47 Å². The average Bonchev–Trinajstić information content (AvgIpc) is 3.12. The van der Waals surface area contributed by atoms with Gasteiger partial charge in [-0.1, -0.05) is 0 Å². The van der Waals surface area contributed by atoms with Gasteiger partial charge in [-0.05, 0) is 0 Å². The first-order valence-electron chi connectivity index (χ1n) is 9.70. The van der Waals surface area contributed by atoms with Gasteiger partial charge >= 0.3 is 196 Å². The molecule has 180 valence electrons. The van der Waals surface area contributed by atoms with Gasteiger partial charge in [-0.15, -0.1) is 0 Å². The molecule has 0 spiro atoms. The Labute approximate surface area is 195 Å². The van der Waals surface area contributed by atoms with E-state index in [1.54, 1.807) is 7.05 Å². The fourth-order valence-corrected chi connectivity index (χ4v) is 7.55. The van der Waals surface area contributed by atoms with Crippen molar-refractivity contribution in [3.63, 3.8) is 0 Å². The quantitative estimate of drug-likeness (QED) is 0.133. The molecule has 1 fully saturated rings. The number of carbonyl (C=O) groups is 2. The van der Waals surface area contributed by atoms with Crippen molar-refractivity contribution in [3.05, 3.63) is 11.3 Å². The molecule has 3 rings (SSSR count). The van der Waals surface area contributed by atoms with Gasteiger partial charge in [0.1, 0.15) is 0 Å². The van der Waals surface area contributed by atoms with Gasteiger partial charge < -0.3 is 0 Å². The van der Waals surface area contributed by atoms with Gasteiger partial charge in [-0.3, -0.25) is 0 Å². The number of nitrogens with one attached hydrogen (secondary N) is 1. The number of hydrogen-bond acceptors (Lipinski definition) is 12. The molecule has 0 saturated carbocycles. The van der Waals surface area contributed by atoms with Gasteiger partial charge in [-0.2, -0.15) is 0 Å². The molecule has 0 radical (unpaired) electrons. The molecule has 16 heteroatoms. The Hall–Kier alpha value is -1.25. The number of carbonyl (C=O) groups excluding carboxylic acids is 2. The molecular formula is C16H27N6O6PS3. The van der Waals surface area contributed by atoms with Crippen molar-refractivity contribution in [1.82, 2.24) is 30.2 Å². The third-order valence-electron chi connectivity index (χ3n) is 4.77. The van der Waals surface area contributed by atoms with Crippen LogP contribution in [0.4, 0.5) is 0 Å². The molecule has 1 aromatic rings. The number of aryl methyl sites for hydroxylation is 1. The molecule has 1 aromatic heterocycles. The maximum atomic E-state index is 13.2. The summed E-state index contributed by atoms with van der Waals surface area (Å²) < 4.78 is 35.2. The van der Waals surface area contributed by atoms with Gasteiger partial charge in [0.15, 0.2) is 0 Å². The number of rotatable bonds is 10. The van der Waals surface area contributed by atoms with Crippen LogP contribution in [0.25, 0.3) is 0 Å². The number of nitrogens with zero attached hydrogens (tertiary/aromatic N) is 5. The molecule has 2 aliphatic heterocycles. The van der Waals surface area contributed by atoms with Crippen molar-refractivity contribution in [2.75, 3.05) is 50.6 Å². The summed E-state index contributed by atoms with van der Waals surface area (Å²) in [4.78, 5) is 27.6. The monoisotopic (exact) mass is 526 g/mol. The summed E-state index contributed by atoms with van der Waals surface area (Å²) in [5.74, 6) is -0.562. The van der Waals surface area contributed by atoms with E-state index in [0.717, 1.165) is 6.26 Å². The van der Waals surface area contributed by atoms with Gasteiger partial charge in [0, 0.05) is 0 Å². The number of esters is 1. The zero-order chi connectivity index (χ0) is 23.7. The van der Waals surface area contributed by atoms with Crippen LogP contribution in [0.1, 0.15) is 0 Å². The zero-order valence-corrected chi connectivity index (χ0v) is 22.0. The van der Waals surface area contributed by atoms with E-state index in [1.807, 2.05) is 13.3 Å². The first kappa shape index (κ1) is 25.4. The Kier molecular flexibility index (Phi) is 7.88. The van der Waals surface area contributed by atoms with Gasteiger partial charge in [0.05, 0.1) is 0 Å². The van der Waals surface area contributed by atoms with Crippen LogP contribution in [-0.4, -0.2) is 107 Å². The number of methoxy groups -OCH3 is 1. The molecule has 3 heterocycles. The Balaban J connectivity index is 1.87. The number of thioether (sulfide) groups is 2. The summed E-state index contributed by atoms with van der Waals surface area (Å²) in [6.07, 6.45) is 1.07. The minimum absolute atomic E-state index is 0.134. The van der Waals surface area contributed by atoms with E-state index in [1.165, 1.54) is 40.2 Å². The zero-order valence-electron chi connectivity index (χ0n) is 18.4. The number of fused-ring (bicyclic) bond motifs is 1. The van der Waals surface area contributed by atoms with Gasteiger partial charge in [0.25, 0.3) is 0 Å². The van der Waals surface area contributed by atoms with E-state index < -0.39 is 35.0 Å². The van der Waals surface area contributed by atoms with Crippen molar-refractivity contribution in [1.29, 1.82) is 0 Å². The predicted molar refractivity (Wildman–Crippen MR) is 125 cm³/mol. The van der Waals surface area contributed by atoms with Crippen LogP contribution < -0.4 is 5.09 Å². The van der Waals surface area contributed by atoms with E-state index in [2.05, 4.69) is 20.6 Å². The molecule has 2 aliphatic rings. The van der Waals surface area contributed by atoms with E-state index in [-0.39, 0.29) is 24.0 Å². The Morgan fingerprint density at radius 3 is 2.72 bits per heavy atom. The minimum atomic E-state index is -3.30. The fraction of sp³-hybridized carbons (Fsp3) is 0.688. The summed E-state index contributed by atoms with van der Waals surface area (Å²) in [7, 11) is -1.52. The van der Waals surface area contributed by atoms with E-state index in [9.17, 15) is 18.0 Å². The molecule has 0 aliphatic carbocycles. The van der Waals surface area contributed by atoms with Crippen molar-refractivity contribution in [2.45, 2.75) is 16.3 Å². The summed E-state index contributed by atoms with van der Waals surface area (Å²) in [5.41, 5.74) is -0.367. The van der Waals surface area contributed by atoms with E-state index >= 15 is 0 Å². The molecule has 0 bridgehead atoms. The molecule has 0 unspecified atom stereocenters. The molecule has 12 nitrogen and oxygen atoms in total. The Morgan fingerprint density at radius 2 is 2.16 bits per heavy atom. The molecule has 32 heavy (non-hydrogen) atoms. The van der Waals surface area contributed by atoms with Gasteiger partial charge in [-0.25, -0.2) is 0 Å². The standard InChI is InChI=1S/C16H27N6O6PS3/c1-21-15(17-19-20-21)31-9-10-8-30-14-16(27-2,18-29(3)4)13(24)22(14)11(10)12(23)28-6-7-32(5,25)26/h14,18H,6-9,29H2,1-5H3/t14-,16-/m0/s1. The van der Waals surface area contributed by atoms with Crippen LogP contribution in [0.5, 0.6) is 0 Å². The van der Waals surface area contributed by atoms with E-state index in [0.29, 0.717) is 22.2 Å². The molecule has 2 atom stereocenters. The number of amides is 1. The number of ether oxygens (including phenoxy) is 2. The van der Waals surface area contributed by atoms with Gasteiger partial charge in [0.2, 0.25) is 0 Å². The molecule has 1 saturated heterocycles. The number of β-lactam (4-membered cyclic amide) rings is 1. The normalized spacial score (nSPS) is 23.7. The average molecular weight is 527 g/mol. The van der Waals surface area contributed by atoms with Crippen LogP contribution in [-0.2, 0) is 35.9 Å². The van der Waals surface area contributed by atoms with Crippen LogP contribution >= 0.6 is 31.6 Å². The van der Waals surface area contributed by atoms with Crippen LogP contribution in [0.3, 0.4) is 0 Å². The maximum absolute atomic E-state index is 13.2. The summed E-state index contributed by atoms with van der Waals surface area (Å²) >= 11 is 2.82. The fourth-order valence-electron chi connectivity index (χ4n) is 3.35. The predicted octanol–water partition coefficient (Wildman–Crippen LogP) is -0.887. The second-order valence-electron chi connectivity index (χ2n) is 7.67. The molecule has 0 aromatic carbocycles. The van der Waals surface area contributed by atoms with Crippen LogP contribution in [0, 0.1) is 0 Å². The topological polar surface area (TPSA) is 146 Å². The second kappa shape index (κ2) is 9.94. The Bertz CT molecular complexity index is 1030. The number of sulfone groups is 1. The molecule has 1 N–H and O–H groups in total. The number of tetrazole rings is 1. The SMILES string of the molecule is CO[C@@]1(N[PH2](C)C)C(=O)N2C(C(=O)OCCS(C)(=O)=O)=C(CSc3nnnn3C)CS[C@H]21. The molecular weight excluding hydrogens is 499 g/mol. The van der Waals surface area contributed by atoms with Crippen molar-refractivity contribution >= 4 is 53.3 Å². The van der Waals surface area contributed by atoms with Crippen molar-refractivity contribution in [3.8, 4) is 0 Å². The summed E-state index contributed by atoms with van der Waals surface area (Å²) in [6.45, 7) is 3.79. The summed E-state index contributed by atoms with van der Waals surface area (Å²) in [6, 6.07) is 0. The first-order chi connectivity index (χ1) is 15.0. The Morgan fingerprint density at radius 1 is 1.44 bits per heavy atom. The van der Waals surface area contributed by atoms with Crippen molar-refractivity contribution < 1.29 is 27.5 Å². The van der Waals surface area contributed by atoms with Crippen LogP contribution in [0.2, 0.25) is 0 Å². The number of hydrogen-bond donors (Lipinski definition) is 1. The third kappa shape index (κ3) is 5.12. The third-order valence-corrected chi connectivity index (χ3v) is 9.16. The summed E-state index contributed by atoms with van der Waals surface area (Å²) in [5, 5.41) is 14.7. The number of aromatic nitrogens is 4. The van der Waals surface area contributed by atoms with Crippen LogP contribution in [0.15, 0.2) is 16.4 Å². The molecule has 1 amide bonds. The second-order valence-corrected chi connectivity index (χ2v) is 14.5. The first-order valence-corrected chi connectivity index (χ1v) is 16.7.